The second-order valence-corrected chi connectivity index (χ2v) is 6.34. The van der Waals surface area contributed by atoms with Crippen molar-refractivity contribution in [1.82, 2.24) is 0 Å². The van der Waals surface area contributed by atoms with Gasteiger partial charge in [-0.2, -0.15) is 0 Å². The number of carbonyl (C=O) groups excluding carboxylic acids is 1. The van der Waals surface area contributed by atoms with E-state index in [9.17, 15) is 30.0 Å². The average Bonchev–Trinajstić information content (AvgIpc) is 2.78. The summed E-state index contributed by atoms with van der Waals surface area (Å²) in [6.45, 7) is 0. The first-order valence-corrected chi connectivity index (χ1v) is 7.99. The van der Waals surface area contributed by atoms with Crippen LogP contribution in [0.5, 0.6) is 0 Å². The molecule has 0 aliphatic heterocycles. The van der Waals surface area contributed by atoms with Gasteiger partial charge in [0.05, 0.1) is 0 Å². The summed E-state index contributed by atoms with van der Waals surface area (Å²) >= 11 is 3.76. The van der Waals surface area contributed by atoms with E-state index in [1.165, 1.54) is 0 Å². The van der Waals surface area contributed by atoms with E-state index in [0.29, 0.717) is 4.82 Å². The Morgan fingerprint density at radius 3 is 1.48 bits per heavy atom. The zero-order valence-electron chi connectivity index (χ0n) is 10.3. The summed E-state index contributed by atoms with van der Waals surface area (Å²) in [5.41, 5.74) is 0.729. The van der Waals surface area contributed by atoms with Crippen LogP contribution in [0.15, 0.2) is 54.6 Å². The first kappa shape index (κ1) is 19.9. The molecule has 0 saturated carbocycles. The van der Waals surface area contributed by atoms with E-state index in [2.05, 4.69) is 28.2 Å². The molecule has 0 radical (unpaired) electrons. The van der Waals surface area contributed by atoms with Gasteiger partial charge in [0.2, 0.25) is 0 Å². The van der Waals surface area contributed by atoms with Gasteiger partial charge in [-0.25, -0.2) is 0 Å². The molecule has 1 aliphatic carbocycles. The van der Waals surface area contributed by atoms with Crippen LogP contribution in [-0.4, -0.2) is 6.29 Å². The van der Waals surface area contributed by atoms with Crippen LogP contribution in [0.2, 0.25) is 4.82 Å². The molecule has 1 aromatic rings. The topological polar surface area (TPSA) is 17.1 Å². The van der Waals surface area contributed by atoms with E-state index >= 15 is 0 Å². The van der Waals surface area contributed by atoms with Crippen molar-refractivity contribution in [3.05, 3.63) is 60.2 Å². The molecule has 0 saturated heterocycles. The molecule has 0 unspecified atom stereocenters. The number of hydrogen-bond acceptors (Lipinski definition) is 1. The number of allylic oxidation sites excluding steroid dienone is 4. The fourth-order valence-corrected chi connectivity index (χ4v) is 1.18. The van der Waals surface area contributed by atoms with Crippen molar-refractivity contribution in [3.8, 4) is 0 Å². The third-order valence-corrected chi connectivity index (χ3v) is 2.05. The van der Waals surface area contributed by atoms with Gasteiger partial charge in [0.1, 0.15) is 6.29 Å². The van der Waals surface area contributed by atoms with Gasteiger partial charge in [-0.3, -0.25) is 4.79 Å². The van der Waals surface area contributed by atoms with Crippen LogP contribution in [0.1, 0.15) is 10.4 Å². The van der Waals surface area contributed by atoms with Gasteiger partial charge in [-0.05, 0) is 0 Å². The minimum absolute atomic E-state index is 0.435. The molecule has 0 heterocycles. The third kappa shape index (κ3) is 21.4. The van der Waals surface area contributed by atoms with Gasteiger partial charge >= 0.3 is 78.1 Å². The van der Waals surface area contributed by atoms with E-state index in [1.54, 1.807) is 12.1 Å². The Morgan fingerprint density at radius 1 is 0.905 bits per heavy atom. The van der Waals surface area contributed by atoms with Crippen LogP contribution in [0.3, 0.4) is 0 Å². The van der Waals surface area contributed by atoms with E-state index in [4.69, 9.17) is 0 Å². The summed E-state index contributed by atoms with van der Waals surface area (Å²) in [5.74, 6) is 0. The van der Waals surface area contributed by atoms with Gasteiger partial charge in [-0.1, -0.05) is 30.3 Å². The first-order chi connectivity index (χ1) is 9.28. The fourth-order valence-electron chi connectivity index (χ4n) is 0.931. The van der Waals surface area contributed by atoms with Crippen LogP contribution in [0.4, 0.5) is 25.2 Å². The Labute approximate surface area is 125 Å². The molecule has 0 fully saturated rings. The van der Waals surface area contributed by atoms with Crippen molar-refractivity contribution in [2.24, 2.45) is 0 Å². The Hall–Kier alpha value is -1.10. The van der Waals surface area contributed by atoms with E-state index in [1.807, 2.05) is 30.4 Å². The normalized spacial score (nSPS) is 16.7. The van der Waals surface area contributed by atoms with Crippen molar-refractivity contribution >= 4 is 14.1 Å². The summed E-state index contributed by atoms with van der Waals surface area (Å²) < 4.78 is 59.2. The number of aldehydes is 1. The molecule has 0 N–H and O–H groups in total. The van der Waals surface area contributed by atoms with E-state index in [0.717, 1.165) is 11.8 Å². The fraction of sp³-hybridized carbons (Fsp3) is 0.0833. The minimum atomic E-state index is -10.7. The molecule has 21 heavy (non-hydrogen) atoms. The molecule has 9 heteroatoms. The van der Waals surface area contributed by atoms with Crippen molar-refractivity contribution in [1.29, 1.82) is 0 Å². The monoisotopic (exact) mass is 372 g/mol. The molecule has 1 aliphatic rings. The average molecular weight is 372 g/mol. The van der Waals surface area contributed by atoms with Gasteiger partial charge in [0.25, 0.3) is 0 Å². The Kier molecular flexibility index (Phi) is 6.42. The molecule has 0 amide bonds. The maximum atomic E-state index is 10.0. The standard InChI is InChI=1S/C7H6O.C5H5.F6P.Fe/c8-6-7-4-2-1-3-5-7;1-2-4-5-3-1;1-7(2,3,4,5)6;/h1-6H;1-5H;;/q;;-1;. The van der Waals surface area contributed by atoms with Gasteiger partial charge < -0.3 is 0 Å². The summed E-state index contributed by atoms with van der Waals surface area (Å²) in [4.78, 5) is 10.4. The SMILES string of the molecule is F[P-](F)(F)(F)(F)F.O=Cc1ccccc1.[Fe][CH]1C=CC=C1. The van der Waals surface area contributed by atoms with Gasteiger partial charge in [-0.15, -0.1) is 0 Å². The number of rotatable bonds is 1. The molecule has 0 spiro atoms. The molecule has 0 atom stereocenters. The second-order valence-electron chi connectivity index (χ2n) is 3.68. The summed E-state index contributed by atoms with van der Waals surface area (Å²) in [6.07, 6.45) is 8.97. The predicted octanol–water partition coefficient (Wildman–Crippen LogP) is 6.33. The molecule has 1 aromatic carbocycles. The zero-order valence-corrected chi connectivity index (χ0v) is 12.3. The summed E-state index contributed by atoms with van der Waals surface area (Å²) in [5, 5.41) is 0. The molecule has 0 bridgehead atoms. The number of hydrogen-bond donors (Lipinski definition) is 0. The molecule has 2 rings (SSSR count). The van der Waals surface area contributed by atoms with Gasteiger partial charge in [0, 0.05) is 5.56 Å². The van der Waals surface area contributed by atoms with E-state index < -0.39 is 7.81 Å². The number of halogens is 6. The molecule has 0 aromatic heterocycles. The maximum absolute atomic E-state index is 10.7. The number of carbonyl (C=O) groups is 1. The third-order valence-electron chi connectivity index (χ3n) is 1.63. The summed E-state index contributed by atoms with van der Waals surface area (Å²) in [6, 6.07) is 9.10. The van der Waals surface area contributed by atoms with Crippen molar-refractivity contribution in [3.63, 3.8) is 0 Å². The second kappa shape index (κ2) is 6.77. The van der Waals surface area contributed by atoms with Crippen molar-refractivity contribution in [2.75, 3.05) is 0 Å². The predicted molar refractivity (Wildman–Crippen MR) is 67.4 cm³/mol. The van der Waals surface area contributed by atoms with E-state index in [-0.39, 0.29) is 0 Å². The molecule has 1 nitrogen and oxygen atoms in total. The first-order valence-electron chi connectivity index (χ1n) is 5.32. The Morgan fingerprint density at radius 2 is 1.29 bits per heavy atom. The zero-order chi connectivity index (χ0) is 16.6. The van der Waals surface area contributed by atoms with Crippen LogP contribution >= 0.6 is 7.81 Å². The Bertz CT molecular complexity index is 485. The summed E-state index contributed by atoms with van der Waals surface area (Å²) in [7, 11) is -10.7. The Balaban J connectivity index is 0.000000289. The van der Waals surface area contributed by atoms with Crippen LogP contribution in [0, 0.1) is 0 Å². The van der Waals surface area contributed by atoms with Crippen LogP contribution in [0.25, 0.3) is 0 Å². The van der Waals surface area contributed by atoms with Gasteiger partial charge in [0.15, 0.2) is 0 Å². The van der Waals surface area contributed by atoms with Crippen LogP contribution in [-0.2, 0) is 16.0 Å². The molecular formula is C12H11F6FeOP-. The van der Waals surface area contributed by atoms with Crippen LogP contribution < -0.4 is 0 Å². The number of benzene rings is 1. The van der Waals surface area contributed by atoms with Crippen molar-refractivity contribution in [2.45, 2.75) is 4.82 Å². The molecular weight excluding hydrogens is 361 g/mol. The quantitative estimate of drug-likeness (QED) is 0.244. The van der Waals surface area contributed by atoms with Crippen molar-refractivity contribution < 1.29 is 46.0 Å². The molecule has 121 valence electrons.